The Morgan fingerprint density at radius 2 is 2.12 bits per heavy atom. The summed E-state index contributed by atoms with van der Waals surface area (Å²) in [4.78, 5) is 12.1. The molecule has 1 heterocycles. The van der Waals surface area contributed by atoms with Crippen LogP contribution in [-0.4, -0.2) is 12.4 Å². The molecule has 0 aromatic heterocycles. The summed E-state index contributed by atoms with van der Waals surface area (Å²) < 4.78 is 7.08. The van der Waals surface area contributed by atoms with Crippen LogP contribution in [0.3, 0.4) is 0 Å². The Balaban J connectivity index is 2.30. The van der Waals surface area contributed by atoms with E-state index in [-0.39, 0.29) is 5.78 Å². The second-order valence-electron chi connectivity index (χ2n) is 3.51. The van der Waals surface area contributed by atoms with Crippen LogP contribution in [0.15, 0.2) is 39.0 Å². The monoisotopic (exact) mass is 344 g/mol. The van der Waals surface area contributed by atoms with Gasteiger partial charge < -0.3 is 4.74 Å². The van der Waals surface area contributed by atoms with Crippen molar-refractivity contribution in [2.75, 3.05) is 6.61 Å². The van der Waals surface area contributed by atoms with E-state index in [4.69, 9.17) is 4.74 Å². The van der Waals surface area contributed by atoms with Gasteiger partial charge in [0.15, 0.2) is 5.76 Å². The van der Waals surface area contributed by atoms with Gasteiger partial charge in [0.05, 0.1) is 6.61 Å². The fraction of sp³-hybridized carbons (Fsp3) is 0.250. The van der Waals surface area contributed by atoms with Crippen LogP contribution in [-0.2, 0) is 4.74 Å². The molecular weight excluding hydrogens is 336 g/mol. The van der Waals surface area contributed by atoms with Crippen LogP contribution in [0, 0.1) is 0 Å². The van der Waals surface area contributed by atoms with E-state index in [1.165, 1.54) is 0 Å². The molecule has 1 aromatic rings. The standard InChI is InChI=1S/C12H10Br2O2/c13-8-4-5-9(10(14)7-8)12(15)11-3-1-2-6-16-11/h3-5,7H,1-2,6H2. The molecule has 0 fully saturated rings. The van der Waals surface area contributed by atoms with E-state index < -0.39 is 0 Å². The Morgan fingerprint density at radius 3 is 2.75 bits per heavy atom. The van der Waals surface area contributed by atoms with Crippen LogP contribution >= 0.6 is 31.9 Å². The maximum atomic E-state index is 12.1. The molecule has 16 heavy (non-hydrogen) atoms. The van der Waals surface area contributed by atoms with Gasteiger partial charge in [-0.25, -0.2) is 0 Å². The van der Waals surface area contributed by atoms with E-state index in [9.17, 15) is 4.79 Å². The van der Waals surface area contributed by atoms with Gasteiger partial charge in [-0.3, -0.25) is 4.79 Å². The first-order valence-electron chi connectivity index (χ1n) is 5.01. The number of hydrogen-bond donors (Lipinski definition) is 0. The Labute approximate surface area is 111 Å². The molecule has 1 aromatic carbocycles. The molecule has 0 unspecified atom stereocenters. The maximum absolute atomic E-state index is 12.1. The second kappa shape index (κ2) is 5.15. The average molecular weight is 346 g/mol. The highest BCUT2D eigenvalue weighted by molar-refractivity contribution is 9.11. The van der Waals surface area contributed by atoms with Crippen LogP contribution in [0.1, 0.15) is 23.2 Å². The Bertz CT molecular complexity index is 452. The first-order chi connectivity index (χ1) is 7.68. The number of rotatable bonds is 2. The van der Waals surface area contributed by atoms with Gasteiger partial charge in [-0.05, 0) is 53.0 Å². The SMILES string of the molecule is O=C(C1=CCCCO1)c1ccc(Br)cc1Br. The van der Waals surface area contributed by atoms with Crippen molar-refractivity contribution in [3.63, 3.8) is 0 Å². The van der Waals surface area contributed by atoms with Gasteiger partial charge in [0.1, 0.15) is 0 Å². The lowest BCUT2D eigenvalue weighted by Gasteiger charge is -2.14. The number of carbonyl (C=O) groups excluding carboxylic acids is 1. The van der Waals surface area contributed by atoms with Gasteiger partial charge in [0.25, 0.3) is 0 Å². The predicted molar refractivity (Wildman–Crippen MR) is 69.4 cm³/mol. The summed E-state index contributed by atoms with van der Waals surface area (Å²) >= 11 is 6.73. The zero-order valence-electron chi connectivity index (χ0n) is 8.50. The Morgan fingerprint density at radius 1 is 1.31 bits per heavy atom. The summed E-state index contributed by atoms with van der Waals surface area (Å²) in [6, 6.07) is 5.49. The molecule has 0 N–H and O–H groups in total. The van der Waals surface area contributed by atoms with Gasteiger partial charge >= 0.3 is 0 Å². The summed E-state index contributed by atoms with van der Waals surface area (Å²) in [5.41, 5.74) is 0.636. The lowest BCUT2D eigenvalue weighted by Crippen LogP contribution is -2.11. The van der Waals surface area contributed by atoms with Crippen molar-refractivity contribution in [1.29, 1.82) is 0 Å². The van der Waals surface area contributed by atoms with E-state index in [1.807, 2.05) is 18.2 Å². The fourth-order valence-electron chi connectivity index (χ4n) is 1.52. The van der Waals surface area contributed by atoms with Crippen molar-refractivity contribution in [1.82, 2.24) is 0 Å². The fourth-order valence-corrected chi connectivity index (χ4v) is 2.75. The van der Waals surface area contributed by atoms with Gasteiger partial charge in [0.2, 0.25) is 5.78 Å². The molecule has 2 rings (SSSR count). The molecular formula is C12H10Br2O2. The zero-order chi connectivity index (χ0) is 11.5. The smallest absolute Gasteiger partial charge is 0.228 e. The minimum absolute atomic E-state index is 0.0564. The molecule has 2 nitrogen and oxygen atoms in total. The predicted octanol–water partition coefficient (Wildman–Crippen LogP) is 4.09. The highest BCUT2D eigenvalue weighted by Gasteiger charge is 2.18. The van der Waals surface area contributed by atoms with Crippen LogP contribution in [0.25, 0.3) is 0 Å². The highest BCUT2D eigenvalue weighted by atomic mass is 79.9. The van der Waals surface area contributed by atoms with Gasteiger partial charge in [-0.1, -0.05) is 15.9 Å². The third kappa shape index (κ3) is 2.55. The molecule has 0 atom stereocenters. The second-order valence-corrected chi connectivity index (χ2v) is 5.28. The number of benzene rings is 1. The number of Topliss-reactive ketones (excluding diaryl/α,β-unsaturated/α-hetero) is 1. The summed E-state index contributed by atoms with van der Waals surface area (Å²) in [7, 11) is 0. The molecule has 84 valence electrons. The number of carbonyl (C=O) groups is 1. The van der Waals surface area contributed by atoms with Gasteiger partial charge in [-0.15, -0.1) is 0 Å². The van der Waals surface area contributed by atoms with Crippen molar-refractivity contribution >= 4 is 37.6 Å². The van der Waals surface area contributed by atoms with Crippen molar-refractivity contribution in [2.24, 2.45) is 0 Å². The molecule has 0 radical (unpaired) electrons. The third-order valence-corrected chi connectivity index (χ3v) is 3.48. The van der Waals surface area contributed by atoms with E-state index in [1.54, 1.807) is 6.07 Å². The molecule has 0 spiro atoms. The summed E-state index contributed by atoms with van der Waals surface area (Å²) in [6.07, 6.45) is 3.76. The summed E-state index contributed by atoms with van der Waals surface area (Å²) in [5.74, 6) is 0.411. The van der Waals surface area contributed by atoms with Crippen molar-refractivity contribution in [3.8, 4) is 0 Å². The minimum atomic E-state index is -0.0564. The van der Waals surface area contributed by atoms with E-state index in [2.05, 4.69) is 31.9 Å². The molecule has 0 aliphatic carbocycles. The molecule has 0 bridgehead atoms. The number of halogens is 2. The van der Waals surface area contributed by atoms with Gasteiger partial charge in [0, 0.05) is 14.5 Å². The quantitative estimate of drug-likeness (QED) is 0.754. The molecule has 0 amide bonds. The molecule has 0 saturated heterocycles. The van der Waals surface area contributed by atoms with Crippen LogP contribution in [0.5, 0.6) is 0 Å². The maximum Gasteiger partial charge on any atom is 0.228 e. The lowest BCUT2D eigenvalue weighted by molar-refractivity contribution is 0.0898. The number of hydrogen-bond acceptors (Lipinski definition) is 2. The van der Waals surface area contributed by atoms with Gasteiger partial charge in [-0.2, -0.15) is 0 Å². The first kappa shape index (κ1) is 11.9. The van der Waals surface area contributed by atoms with E-state index in [0.29, 0.717) is 17.9 Å². The number of ketones is 1. The highest BCUT2D eigenvalue weighted by Crippen LogP contribution is 2.25. The Hall–Kier alpha value is -0.610. The summed E-state index contributed by atoms with van der Waals surface area (Å²) in [6.45, 7) is 0.631. The molecule has 4 heteroatoms. The van der Waals surface area contributed by atoms with E-state index >= 15 is 0 Å². The normalized spacial score (nSPS) is 15.2. The van der Waals surface area contributed by atoms with Crippen molar-refractivity contribution in [2.45, 2.75) is 12.8 Å². The molecule has 1 aliphatic heterocycles. The average Bonchev–Trinajstić information content (AvgIpc) is 2.29. The van der Waals surface area contributed by atoms with E-state index in [0.717, 1.165) is 21.8 Å². The topological polar surface area (TPSA) is 26.3 Å². The first-order valence-corrected chi connectivity index (χ1v) is 6.60. The summed E-state index contributed by atoms with van der Waals surface area (Å²) in [5, 5.41) is 0. The largest absolute Gasteiger partial charge is 0.490 e. The lowest BCUT2D eigenvalue weighted by atomic mass is 10.1. The third-order valence-electron chi connectivity index (χ3n) is 2.34. The number of allylic oxidation sites excluding steroid dienone is 2. The Kier molecular flexibility index (Phi) is 3.82. The van der Waals surface area contributed by atoms with Crippen LogP contribution in [0.2, 0.25) is 0 Å². The van der Waals surface area contributed by atoms with Crippen molar-refractivity contribution in [3.05, 3.63) is 44.5 Å². The molecule has 1 aliphatic rings. The molecule has 0 saturated carbocycles. The minimum Gasteiger partial charge on any atom is -0.490 e. The van der Waals surface area contributed by atoms with Crippen LogP contribution < -0.4 is 0 Å². The number of ether oxygens (including phenoxy) is 1. The van der Waals surface area contributed by atoms with Crippen molar-refractivity contribution < 1.29 is 9.53 Å². The van der Waals surface area contributed by atoms with Crippen LogP contribution in [0.4, 0.5) is 0 Å². The zero-order valence-corrected chi connectivity index (χ0v) is 11.7.